The molecule has 28 heavy (non-hydrogen) atoms. The first-order chi connectivity index (χ1) is 13.7. The molecule has 0 aliphatic rings. The number of ether oxygens (including phenoxy) is 2. The monoisotopic (exact) mass is 378 g/mol. The SMILES string of the molecule is COc1ccc(OCCNc2ccnc(C(=O)NCc3cccnc3)c2)cc1. The highest BCUT2D eigenvalue weighted by molar-refractivity contribution is 5.93. The van der Waals surface area contributed by atoms with E-state index in [2.05, 4.69) is 20.6 Å². The Balaban J connectivity index is 1.45. The zero-order valence-electron chi connectivity index (χ0n) is 15.6. The number of aromatic nitrogens is 2. The molecule has 2 N–H and O–H groups in total. The Kier molecular flexibility index (Phi) is 6.78. The molecule has 3 aromatic rings. The highest BCUT2D eigenvalue weighted by Gasteiger charge is 2.08. The van der Waals surface area contributed by atoms with Gasteiger partial charge in [-0.05, 0) is 48.0 Å². The molecule has 2 aromatic heterocycles. The van der Waals surface area contributed by atoms with Gasteiger partial charge >= 0.3 is 0 Å². The first-order valence-electron chi connectivity index (χ1n) is 8.88. The lowest BCUT2D eigenvalue weighted by Crippen LogP contribution is -2.24. The fraction of sp³-hybridized carbons (Fsp3) is 0.190. The van der Waals surface area contributed by atoms with Gasteiger partial charge in [-0.3, -0.25) is 14.8 Å². The lowest BCUT2D eigenvalue weighted by Gasteiger charge is -2.10. The minimum atomic E-state index is -0.234. The third-order valence-electron chi connectivity index (χ3n) is 3.93. The van der Waals surface area contributed by atoms with Crippen LogP contribution in [-0.2, 0) is 6.54 Å². The summed E-state index contributed by atoms with van der Waals surface area (Å²) in [6.07, 6.45) is 5.01. The third kappa shape index (κ3) is 5.70. The number of carbonyl (C=O) groups is 1. The van der Waals surface area contributed by atoms with Crippen LogP contribution in [0.5, 0.6) is 11.5 Å². The van der Waals surface area contributed by atoms with E-state index in [1.54, 1.807) is 31.8 Å². The van der Waals surface area contributed by atoms with Crippen LogP contribution in [-0.4, -0.2) is 36.1 Å². The zero-order valence-corrected chi connectivity index (χ0v) is 15.6. The maximum absolute atomic E-state index is 12.3. The molecule has 0 spiro atoms. The van der Waals surface area contributed by atoms with Gasteiger partial charge in [-0.25, -0.2) is 0 Å². The summed E-state index contributed by atoms with van der Waals surface area (Å²) >= 11 is 0. The van der Waals surface area contributed by atoms with Gasteiger partial charge in [0.15, 0.2) is 0 Å². The molecule has 0 aliphatic carbocycles. The minimum absolute atomic E-state index is 0.234. The molecule has 7 nitrogen and oxygen atoms in total. The summed E-state index contributed by atoms with van der Waals surface area (Å²) in [4.78, 5) is 20.4. The van der Waals surface area contributed by atoms with Crippen LogP contribution in [0.4, 0.5) is 5.69 Å². The summed E-state index contributed by atoms with van der Waals surface area (Å²) in [6, 6.07) is 14.7. The minimum Gasteiger partial charge on any atom is -0.497 e. The number of nitrogens with zero attached hydrogens (tertiary/aromatic N) is 2. The number of rotatable bonds is 9. The number of nitrogens with one attached hydrogen (secondary N) is 2. The van der Waals surface area contributed by atoms with Gasteiger partial charge in [0.05, 0.1) is 7.11 Å². The van der Waals surface area contributed by atoms with Crippen molar-refractivity contribution in [3.05, 3.63) is 78.4 Å². The molecular weight excluding hydrogens is 356 g/mol. The van der Waals surface area contributed by atoms with Crippen molar-refractivity contribution in [2.45, 2.75) is 6.54 Å². The first-order valence-corrected chi connectivity index (χ1v) is 8.88. The average molecular weight is 378 g/mol. The van der Waals surface area contributed by atoms with E-state index in [1.165, 1.54) is 0 Å². The Bertz CT molecular complexity index is 886. The molecule has 0 radical (unpaired) electrons. The van der Waals surface area contributed by atoms with Crippen LogP contribution in [0.1, 0.15) is 16.1 Å². The van der Waals surface area contributed by atoms with Crippen LogP contribution >= 0.6 is 0 Å². The summed E-state index contributed by atoms with van der Waals surface area (Å²) in [5.74, 6) is 1.33. The Morgan fingerprint density at radius 2 is 1.89 bits per heavy atom. The standard InChI is InChI=1S/C21H22N4O3/c1-27-18-4-6-19(7-5-18)28-12-11-23-17-8-10-24-20(13-17)21(26)25-15-16-3-2-9-22-14-16/h2-10,13-14H,11-12,15H2,1H3,(H,23,24)(H,25,26). The van der Waals surface area contributed by atoms with E-state index < -0.39 is 0 Å². The summed E-state index contributed by atoms with van der Waals surface area (Å²) in [5.41, 5.74) is 2.09. The zero-order chi connectivity index (χ0) is 19.6. The Labute approximate surface area is 163 Å². The van der Waals surface area contributed by atoms with Gasteiger partial charge in [0.2, 0.25) is 0 Å². The summed E-state index contributed by atoms with van der Waals surface area (Å²) in [6.45, 7) is 1.48. The summed E-state index contributed by atoms with van der Waals surface area (Å²) in [7, 11) is 1.63. The summed E-state index contributed by atoms with van der Waals surface area (Å²) in [5, 5.41) is 6.06. The van der Waals surface area contributed by atoms with Crippen LogP contribution in [0.3, 0.4) is 0 Å². The maximum atomic E-state index is 12.3. The molecule has 1 amide bonds. The second-order valence-corrected chi connectivity index (χ2v) is 5.92. The van der Waals surface area contributed by atoms with Crippen LogP contribution in [0.15, 0.2) is 67.1 Å². The molecule has 3 rings (SSSR count). The van der Waals surface area contributed by atoms with Gasteiger partial charge in [-0.2, -0.15) is 0 Å². The number of anilines is 1. The molecule has 144 valence electrons. The molecule has 0 fully saturated rings. The van der Waals surface area contributed by atoms with Gasteiger partial charge in [-0.15, -0.1) is 0 Å². The highest BCUT2D eigenvalue weighted by atomic mass is 16.5. The molecule has 0 atom stereocenters. The van der Waals surface area contributed by atoms with Crippen LogP contribution in [0, 0.1) is 0 Å². The van der Waals surface area contributed by atoms with Crippen LogP contribution in [0.25, 0.3) is 0 Å². The third-order valence-corrected chi connectivity index (χ3v) is 3.93. The quantitative estimate of drug-likeness (QED) is 0.557. The van der Waals surface area contributed by atoms with Gasteiger partial charge < -0.3 is 20.1 Å². The second-order valence-electron chi connectivity index (χ2n) is 5.92. The Morgan fingerprint density at radius 3 is 2.64 bits per heavy atom. The number of hydrogen-bond donors (Lipinski definition) is 2. The van der Waals surface area contributed by atoms with Crippen molar-refractivity contribution in [1.29, 1.82) is 0 Å². The van der Waals surface area contributed by atoms with Crippen molar-refractivity contribution in [3.63, 3.8) is 0 Å². The maximum Gasteiger partial charge on any atom is 0.270 e. The van der Waals surface area contributed by atoms with E-state index in [9.17, 15) is 4.79 Å². The van der Waals surface area contributed by atoms with Crippen molar-refractivity contribution in [3.8, 4) is 11.5 Å². The molecule has 0 bridgehead atoms. The largest absolute Gasteiger partial charge is 0.497 e. The topological polar surface area (TPSA) is 85.4 Å². The van der Waals surface area contributed by atoms with Crippen molar-refractivity contribution in [2.75, 3.05) is 25.6 Å². The van der Waals surface area contributed by atoms with Crippen molar-refractivity contribution < 1.29 is 14.3 Å². The van der Waals surface area contributed by atoms with Crippen molar-refractivity contribution >= 4 is 11.6 Å². The molecule has 1 aromatic carbocycles. The van der Waals surface area contributed by atoms with Gasteiger partial charge in [0.25, 0.3) is 5.91 Å². The fourth-order valence-corrected chi connectivity index (χ4v) is 2.48. The highest BCUT2D eigenvalue weighted by Crippen LogP contribution is 2.17. The second kappa shape index (κ2) is 9.91. The summed E-state index contributed by atoms with van der Waals surface area (Å²) < 4.78 is 10.8. The van der Waals surface area contributed by atoms with E-state index in [-0.39, 0.29) is 5.91 Å². The predicted molar refractivity (Wildman–Crippen MR) is 107 cm³/mol. The number of amides is 1. The lowest BCUT2D eigenvalue weighted by atomic mass is 10.2. The molecule has 7 heteroatoms. The molecule has 0 saturated heterocycles. The number of methoxy groups -OCH3 is 1. The van der Waals surface area contributed by atoms with Gasteiger partial charge in [0.1, 0.15) is 23.8 Å². The molecule has 0 saturated carbocycles. The van der Waals surface area contributed by atoms with Gasteiger partial charge in [-0.1, -0.05) is 6.07 Å². The lowest BCUT2D eigenvalue weighted by molar-refractivity contribution is 0.0946. The van der Waals surface area contributed by atoms with E-state index >= 15 is 0 Å². The number of benzene rings is 1. The fourth-order valence-electron chi connectivity index (χ4n) is 2.48. The van der Waals surface area contributed by atoms with E-state index in [0.29, 0.717) is 25.4 Å². The smallest absolute Gasteiger partial charge is 0.270 e. The number of pyridine rings is 2. The van der Waals surface area contributed by atoms with Crippen molar-refractivity contribution in [1.82, 2.24) is 15.3 Å². The predicted octanol–water partition coefficient (Wildman–Crippen LogP) is 2.91. The molecule has 0 aliphatic heterocycles. The first kappa shape index (κ1) is 19.2. The van der Waals surface area contributed by atoms with E-state index in [0.717, 1.165) is 22.7 Å². The van der Waals surface area contributed by atoms with Crippen LogP contribution in [0.2, 0.25) is 0 Å². The Morgan fingerprint density at radius 1 is 1.07 bits per heavy atom. The van der Waals surface area contributed by atoms with Gasteiger partial charge in [0, 0.05) is 37.4 Å². The van der Waals surface area contributed by atoms with Crippen molar-refractivity contribution in [2.24, 2.45) is 0 Å². The number of hydrogen-bond acceptors (Lipinski definition) is 6. The van der Waals surface area contributed by atoms with E-state index in [1.807, 2.05) is 42.5 Å². The van der Waals surface area contributed by atoms with Crippen LogP contribution < -0.4 is 20.1 Å². The molecular formula is C21H22N4O3. The van der Waals surface area contributed by atoms with E-state index in [4.69, 9.17) is 9.47 Å². The molecule has 0 unspecified atom stereocenters. The molecule has 2 heterocycles. The number of carbonyl (C=O) groups excluding carboxylic acids is 1. The average Bonchev–Trinajstić information content (AvgIpc) is 2.76. The Hall–Kier alpha value is -3.61. The normalized spacial score (nSPS) is 10.2.